The Balaban J connectivity index is 2.70. The van der Waals surface area contributed by atoms with E-state index in [0.717, 1.165) is 4.73 Å². The van der Waals surface area contributed by atoms with Crippen LogP contribution in [0.5, 0.6) is 5.75 Å². The normalized spacial score (nSPS) is 10.2. The molecule has 0 spiro atoms. The Morgan fingerprint density at radius 1 is 1.29 bits per heavy atom. The molecule has 0 unspecified atom stereocenters. The third kappa shape index (κ3) is 1.87. The predicted molar refractivity (Wildman–Crippen MR) is 60.8 cm³/mol. The van der Waals surface area contributed by atoms with Crippen LogP contribution in [-0.2, 0) is 4.74 Å². The standard InChI is InChI=1S/C12H11NO4/c1-16-11-5-6-13(15)10-4-3-8(7-9(10)11)12(14)17-2/h3-7H,1-2H3. The third-order valence-corrected chi connectivity index (χ3v) is 2.50. The molecule has 0 saturated heterocycles. The van der Waals surface area contributed by atoms with Gasteiger partial charge in [0.05, 0.1) is 25.2 Å². The molecule has 88 valence electrons. The van der Waals surface area contributed by atoms with Crippen LogP contribution >= 0.6 is 0 Å². The fourth-order valence-electron chi connectivity index (χ4n) is 1.65. The second-order valence-electron chi connectivity index (χ2n) is 3.43. The zero-order chi connectivity index (χ0) is 12.4. The van der Waals surface area contributed by atoms with Crippen molar-refractivity contribution in [3.8, 4) is 5.75 Å². The summed E-state index contributed by atoms with van der Waals surface area (Å²) in [7, 11) is 2.82. The number of ether oxygens (including phenoxy) is 2. The highest BCUT2D eigenvalue weighted by atomic mass is 16.5. The molecule has 0 amide bonds. The zero-order valence-corrected chi connectivity index (χ0v) is 9.47. The molecule has 0 atom stereocenters. The first-order valence-electron chi connectivity index (χ1n) is 4.95. The maximum atomic E-state index is 11.5. The van der Waals surface area contributed by atoms with Gasteiger partial charge in [-0.05, 0) is 12.1 Å². The summed E-state index contributed by atoms with van der Waals surface area (Å²) in [5, 5.41) is 12.1. The van der Waals surface area contributed by atoms with E-state index in [1.807, 2.05) is 0 Å². The number of fused-ring (bicyclic) bond motifs is 1. The van der Waals surface area contributed by atoms with Crippen LogP contribution in [0.2, 0.25) is 0 Å². The van der Waals surface area contributed by atoms with Gasteiger partial charge in [0.1, 0.15) is 5.75 Å². The summed E-state index contributed by atoms with van der Waals surface area (Å²) < 4.78 is 10.5. The van der Waals surface area contributed by atoms with Gasteiger partial charge in [0.25, 0.3) is 0 Å². The number of nitrogens with zero attached hydrogens (tertiary/aromatic N) is 1. The molecular formula is C12H11NO4. The summed E-state index contributed by atoms with van der Waals surface area (Å²) in [6.45, 7) is 0. The van der Waals surface area contributed by atoms with E-state index in [1.165, 1.54) is 20.4 Å². The van der Waals surface area contributed by atoms with E-state index < -0.39 is 5.97 Å². The molecule has 2 aromatic rings. The monoisotopic (exact) mass is 233 g/mol. The molecule has 1 aromatic heterocycles. The number of esters is 1. The molecule has 2 rings (SSSR count). The molecule has 0 radical (unpaired) electrons. The van der Waals surface area contributed by atoms with Crippen LogP contribution < -0.4 is 9.47 Å². The second-order valence-corrected chi connectivity index (χ2v) is 3.43. The van der Waals surface area contributed by atoms with Crippen molar-refractivity contribution < 1.29 is 19.0 Å². The van der Waals surface area contributed by atoms with E-state index in [2.05, 4.69) is 4.74 Å². The smallest absolute Gasteiger partial charge is 0.337 e. The summed E-state index contributed by atoms with van der Waals surface area (Å²) in [6.07, 6.45) is 1.36. The summed E-state index contributed by atoms with van der Waals surface area (Å²) in [5.74, 6) is 0.0908. The minimum absolute atomic E-state index is 0.379. The molecule has 5 nitrogen and oxygen atoms in total. The molecule has 17 heavy (non-hydrogen) atoms. The Hall–Kier alpha value is -2.30. The fraction of sp³-hybridized carbons (Fsp3) is 0.167. The second kappa shape index (κ2) is 4.29. The maximum Gasteiger partial charge on any atom is 0.337 e. The highest BCUT2D eigenvalue weighted by Crippen LogP contribution is 2.23. The lowest BCUT2D eigenvalue weighted by molar-refractivity contribution is -0.577. The lowest BCUT2D eigenvalue weighted by Gasteiger charge is -2.07. The fourth-order valence-corrected chi connectivity index (χ4v) is 1.65. The van der Waals surface area contributed by atoms with Gasteiger partial charge in [-0.3, -0.25) is 0 Å². The molecule has 0 aliphatic heterocycles. The van der Waals surface area contributed by atoms with Crippen LogP contribution in [-0.4, -0.2) is 20.2 Å². The average molecular weight is 233 g/mol. The largest absolute Gasteiger partial charge is 0.618 e. The van der Waals surface area contributed by atoms with Crippen molar-refractivity contribution in [2.45, 2.75) is 0 Å². The Labute approximate surface area is 97.8 Å². The van der Waals surface area contributed by atoms with E-state index in [1.54, 1.807) is 24.3 Å². The first kappa shape index (κ1) is 11.2. The van der Waals surface area contributed by atoms with Gasteiger partial charge in [-0.15, -0.1) is 0 Å². The van der Waals surface area contributed by atoms with Crippen LogP contribution in [0.4, 0.5) is 0 Å². The topological polar surface area (TPSA) is 62.5 Å². The molecule has 1 aromatic carbocycles. The number of hydrogen-bond acceptors (Lipinski definition) is 4. The number of hydrogen-bond donors (Lipinski definition) is 0. The highest BCUT2D eigenvalue weighted by molar-refractivity contribution is 5.95. The van der Waals surface area contributed by atoms with Crippen molar-refractivity contribution in [3.05, 3.63) is 41.2 Å². The van der Waals surface area contributed by atoms with E-state index in [4.69, 9.17) is 4.74 Å². The minimum Gasteiger partial charge on any atom is -0.618 e. The number of carbonyl (C=O) groups is 1. The SMILES string of the molecule is COC(=O)c1ccc2c(c1)c(OC)cc[n+]2[O-]. The number of benzene rings is 1. The Morgan fingerprint density at radius 3 is 2.71 bits per heavy atom. The number of carbonyl (C=O) groups excluding carboxylic acids is 1. The molecule has 0 aliphatic rings. The van der Waals surface area contributed by atoms with E-state index in [0.29, 0.717) is 22.2 Å². The minimum atomic E-state index is -0.449. The molecular weight excluding hydrogens is 222 g/mol. The zero-order valence-electron chi connectivity index (χ0n) is 9.47. The average Bonchev–Trinajstić information content (AvgIpc) is 2.38. The van der Waals surface area contributed by atoms with E-state index >= 15 is 0 Å². The van der Waals surface area contributed by atoms with E-state index in [9.17, 15) is 10.0 Å². The summed E-state index contributed by atoms with van der Waals surface area (Å²) >= 11 is 0. The van der Waals surface area contributed by atoms with Crippen molar-refractivity contribution in [1.82, 2.24) is 0 Å². The number of rotatable bonds is 2. The van der Waals surface area contributed by atoms with Gasteiger partial charge >= 0.3 is 5.97 Å². The summed E-state index contributed by atoms with van der Waals surface area (Å²) in [6, 6.07) is 6.24. The lowest BCUT2D eigenvalue weighted by atomic mass is 10.1. The molecule has 0 aliphatic carbocycles. The van der Waals surface area contributed by atoms with Crippen molar-refractivity contribution >= 4 is 16.9 Å². The molecule has 0 N–H and O–H groups in total. The quantitative estimate of drug-likeness (QED) is 0.445. The maximum absolute atomic E-state index is 11.5. The molecule has 0 fully saturated rings. The van der Waals surface area contributed by atoms with Crippen molar-refractivity contribution in [2.75, 3.05) is 14.2 Å². The van der Waals surface area contributed by atoms with Gasteiger partial charge in [-0.2, -0.15) is 4.73 Å². The molecule has 5 heteroatoms. The highest BCUT2D eigenvalue weighted by Gasteiger charge is 2.13. The Morgan fingerprint density at radius 2 is 2.06 bits per heavy atom. The lowest BCUT2D eigenvalue weighted by Crippen LogP contribution is -2.26. The van der Waals surface area contributed by atoms with Gasteiger partial charge in [-0.25, -0.2) is 4.79 Å². The number of pyridine rings is 1. The van der Waals surface area contributed by atoms with Gasteiger partial charge in [-0.1, -0.05) is 0 Å². The molecule has 0 saturated carbocycles. The van der Waals surface area contributed by atoms with Crippen LogP contribution in [0.3, 0.4) is 0 Å². The molecule has 0 bridgehead atoms. The molecule has 1 heterocycles. The third-order valence-electron chi connectivity index (χ3n) is 2.50. The number of aromatic nitrogens is 1. The first-order chi connectivity index (χ1) is 8.17. The van der Waals surface area contributed by atoms with Crippen LogP contribution in [0.1, 0.15) is 10.4 Å². The summed E-state index contributed by atoms with van der Waals surface area (Å²) in [4.78, 5) is 11.4. The van der Waals surface area contributed by atoms with Crippen molar-refractivity contribution in [1.29, 1.82) is 0 Å². The van der Waals surface area contributed by atoms with Gasteiger partial charge < -0.3 is 14.7 Å². The van der Waals surface area contributed by atoms with Crippen LogP contribution in [0.15, 0.2) is 30.5 Å². The predicted octanol–water partition coefficient (Wildman–Crippen LogP) is 1.27. The van der Waals surface area contributed by atoms with Gasteiger partial charge in [0.2, 0.25) is 5.52 Å². The van der Waals surface area contributed by atoms with Gasteiger partial charge in [0.15, 0.2) is 6.20 Å². The van der Waals surface area contributed by atoms with Crippen LogP contribution in [0.25, 0.3) is 10.9 Å². The first-order valence-corrected chi connectivity index (χ1v) is 4.95. The number of methoxy groups -OCH3 is 2. The van der Waals surface area contributed by atoms with Crippen molar-refractivity contribution in [2.24, 2.45) is 0 Å². The van der Waals surface area contributed by atoms with Gasteiger partial charge in [0, 0.05) is 12.1 Å². The van der Waals surface area contributed by atoms with Crippen LogP contribution in [0, 0.1) is 5.21 Å². The van der Waals surface area contributed by atoms with Crippen molar-refractivity contribution in [3.63, 3.8) is 0 Å². The van der Waals surface area contributed by atoms with E-state index in [-0.39, 0.29) is 0 Å². The Bertz CT molecular complexity index is 580. The Kier molecular flexibility index (Phi) is 2.82. The summed E-state index contributed by atoms with van der Waals surface area (Å²) in [5.41, 5.74) is 0.821.